The van der Waals surface area contributed by atoms with Crippen LogP contribution < -0.4 is 5.73 Å². The van der Waals surface area contributed by atoms with Crippen LogP contribution in [-0.2, 0) is 0 Å². The molecule has 2 N–H and O–H groups in total. The Hall–Kier alpha value is -1.62. The third kappa shape index (κ3) is 2.95. The normalized spacial score (nSPS) is 17.5. The fraction of sp³-hybridized carbons (Fsp3) is 0.125. The van der Waals surface area contributed by atoms with Crippen LogP contribution in [0.5, 0.6) is 0 Å². The minimum atomic E-state index is -0.113. The second kappa shape index (κ2) is 6.24. The Morgan fingerprint density at radius 1 is 1.18 bits per heavy atom. The zero-order chi connectivity index (χ0) is 15.7. The van der Waals surface area contributed by atoms with Crippen LogP contribution in [0, 0.1) is 0 Å². The number of thiocarbonyl (C=S) groups is 1. The minimum Gasteiger partial charge on any atom is -0.375 e. The van der Waals surface area contributed by atoms with E-state index in [0.717, 1.165) is 16.8 Å². The lowest BCUT2D eigenvalue weighted by molar-refractivity contribution is 0.373. The molecule has 0 fully saturated rings. The summed E-state index contributed by atoms with van der Waals surface area (Å²) in [6, 6.07) is 15.3. The number of rotatable bonds is 2. The molecule has 0 saturated carbocycles. The number of benzene rings is 2. The summed E-state index contributed by atoms with van der Waals surface area (Å²) in [4.78, 5) is 0. The van der Waals surface area contributed by atoms with Gasteiger partial charge in [-0.2, -0.15) is 5.10 Å². The van der Waals surface area contributed by atoms with Crippen molar-refractivity contribution in [2.75, 3.05) is 0 Å². The summed E-state index contributed by atoms with van der Waals surface area (Å²) < 4.78 is 0. The van der Waals surface area contributed by atoms with Crippen molar-refractivity contribution in [1.82, 2.24) is 5.01 Å². The topological polar surface area (TPSA) is 41.6 Å². The third-order valence-corrected chi connectivity index (χ3v) is 4.31. The summed E-state index contributed by atoms with van der Waals surface area (Å²) in [5, 5.41) is 7.62. The largest absolute Gasteiger partial charge is 0.375 e. The lowest BCUT2D eigenvalue weighted by Crippen LogP contribution is -2.31. The first-order valence-electron chi connectivity index (χ1n) is 6.73. The number of hydrazone groups is 1. The summed E-state index contributed by atoms with van der Waals surface area (Å²) in [6.07, 6.45) is 0.683. The zero-order valence-corrected chi connectivity index (χ0v) is 13.9. The smallest absolute Gasteiger partial charge is 0.187 e. The second-order valence-electron chi connectivity index (χ2n) is 4.98. The molecular weight excluding hydrogens is 337 g/mol. The molecule has 0 spiro atoms. The van der Waals surface area contributed by atoms with Gasteiger partial charge >= 0.3 is 0 Å². The fourth-order valence-electron chi connectivity index (χ4n) is 2.53. The number of halogens is 2. The first-order chi connectivity index (χ1) is 10.6. The Bertz CT molecular complexity index is 746. The number of hydrogen-bond donors (Lipinski definition) is 1. The monoisotopic (exact) mass is 349 g/mol. The van der Waals surface area contributed by atoms with E-state index in [-0.39, 0.29) is 11.2 Å². The van der Waals surface area contributed by atoms with Crippen LogP contribution in [0.4, 0.5) is 0 Å². The van der Waals surface area contributed by atoms with Gasteiger partial charge in [0.25, 0.3) is 0 Å². The molecule has 2 aromatic rings. The van der Waals surface area contributed by atoms with E-state index >= 15 is 0 Å². The molecule has 1 unspecified atom stereocenters. The van der Waals surface area contributed by atoms with Crippen molar-refractivity contribution < 1.29 is 0 Å². The number of nitrogens with zero attached hydrogens (tertiary/aromatic N) is 2. The van der Waals surface area contributed by atoms with Crippen LogP contribution in [-0.4, -0.2) is 15.8 Å². The quantitative estimate of drug-likeness (QED) is 0.817. The van der Waals surface area contributed by atoms with Gasteiger partial charge in [-0.05, 0) is 35.5 Å². The van der Waals surface area contributed by atoms with E-state index in [1.807, 2.05) is 36.4 Å². The average molecular weight is 350 g/mol. The van der Waals surface area contributed by atoms with E-state index in [1.54, 1.807) is 17.1 Å². The molecule has 0 saturated heterocycles. The van der Waals surface area contributed by atoms with Gasteiger partial charge in [0.15, 0.2) is 5.11 Å². The van der Waals surface area contributed by atoms with E-state index in [1.165, 1.54) is 0 Å². The molecule has 0 radical (unpaired) electrons. The van der Waals surface area contributed by atoms with Gasteiger partial charge in [-0.3, -0.25) is 0 Å². The van der Waals surface area contributed by atoms with Gasteiger partial charge in [0.2, 0.25) is 0 Å². The number of nitrogens with two attached hydrogens (primary N) is 1. The highest BCUT2D eigenvalue weighted by Gasteiger charge is 2.31. The highest BCUT2D eigenvalue weighted by molar-refractivity contribution is 7.80. The third-order valence-electron chi connectivity index (χ3n) is 3.56. The molecule has 3 nitrogen and oxygen atoms in total. The SMILES string of the molecule is NC(=S)N1N=C(c2ccccc2)CC1c1ccc(Cl)cc1Cl. The first kappa shape index (κ1) is 15.3. The molecule has 3 rings (SSSR count). The molecule has 1 heterocycles. The highest BCUT2D eigenvalue weighted by Crippen LogP contribution is 2.37. The molecule has 0 aliphatic carbocycles. The van der Waals surface area contributed by atoms with Gasteiger partial charge < -0.3 is 5.73 Å². The van der Waals surface area contributed by atoms with Crippen molar-refractivity contribution in [2.24, 2.45) is 10.8 Å². The summed E-state index contributed by atoms with van der Waals surface area (Å²) in [7, 11) is 0. The van der Waals surface area contributed by atoms with Gasteiger partial charge in [0, 0.05) is 16.5 Å². The fourth-order valence-corrected chi connectivity index (χ4v) is 3.24. The Kier molecular flexibility index (Phi) is 4.34. The van der Waals surface area contributed by atoms with E-state index in [2.05, 4.69) is 5.10 Å². The highest BCUT2D eigenvalue weighted by atomic mass is 35.5. The van der Waals surface area contributed by atoms with Crippen LogP contribution in [0.15, 0.2) is 53.6 Å². The Morgan fingerprint density at radius 2 is 1.91 bits per heavy atom. The molecule has 0 aromatic heterocycles. The van der Waals surface area contributed by atoms with Gasteiger partial charge in [0.05, 0.1) is 11.8 Å². The average Bonchev–Trinajstić information content (AvgIpc) is 2.93. The van der Waals surface area contributed by atoms with Gasteiger partial charge in [0.1, 0.15) is 0 Å². The maximum Gasteiger partial charge on any atom is 0.187 e. The van der Waals surface area contributed by atoms with Crippen LogP contribution in [0.25, 0.3) is 0 Å². The van der Waals surface area contributed by atoms with E-state index in [4.69, 9.17) is 41.2 Å². The lowest BCUT2D eigenvalue weighted by atomic mass is 9.98. The van der Waals surface area contributed by atoms with Crippen LogP contribution in [0.3, 0.4) is 0 Å². The molecule has 6 heteroatoms. The van der Waals surface area contributed by atoms with Crippen LogP contribution in [0.1, 0.15) is 23.6 Å². The number of hydrogen-bond acceptors (Lipinski definition) is 2. The first-order valence-corrected chi connectivity index (χ1v) is 7.89. The maximum absolute atomic E-state index is 6.33. The molecule has 1 aliphatic heterocycles. The van der Waals surface area contributed by atoms with Crippen LogP contribution in [0.2, 0.25) is 10.0 Å². The molecule has 1 aliphatic rings. The predicted molar refractivity (Wildman–Crippen MR) is 95.4 cm³/mol. The maximum atomic E-state index is 6.33. The molecule has 1 atom stereocenters. The molecule has 2 aromatic carbocycles. The van der Waals surface area contributed by atoms with Crippen molar-refractivity contribution >= 4 is 46.2 Å². The van der Waals surface area contributed by atoms with E-state index in [9.17, 15) is 0 Å². The Labute approximate surface area is 144 Å². The van der Waals surface area contributed by atoms with E-state index < -0.39 is 0 Å². The van der Waals surface area contributed by atoms with Crippen molar-refractivity contribution in [3.8, 4) is 0 Å². The Balaban J connectivity index is 1.98. The van der Waals surface area contributed by atoms with Crippen molar-refractivity contribution in [2.45, 2.75) is 12.5 Å². The molecule has 0 bridgehead atoms. The second-order valence-corrected chi connectivity index (χ2v) is 6.24. The summed E-state index contributed by atoms with van der Waals surface area (Å²) in [5.41, 5.74) is 8.72. The molecule has 112 valence electrons. The van der Waals surface area contributed by atoms with Crippen molar-refractivity contribution in [1.29, 1.82) is 0 Å². The summed E-state index contributed by atoms with van der Waals surface area (Å²) in [6.45, 7) is 0. The van der Waals surface area contributed by atoms with Gasteiger partial charge in [-0.15, -0.1) is 0 Å². The van der Waals surface area contributed by atoms with Gasteiger partial charge in [-0.1, -0.05) is 59.6 Å². The van der Waals surface area contributed by atoms with E-state index in [0.29, 0.717) is 16.5 Å². The summed E-state index contributed by atoms with van der Waals surface area (Å²) >= 11 is 17.4. The summed E-state index contributed by atoms with van der Waals surface area (Å²) in [5.74, 6) is 0. The lowest BCUT2D eigenvalue weighted by Gasteiger charge is -2.22. The minimum absolute atomic E-state index is 0.113. The van der Waals surface area contributed by atoms with Gasteiger partial charge in [-0.25, -0.2) is 5.01 Å². The van der Waals surface area contributed by atoms with Crippen molar-refractivity contribution in [3.05, 3.63) is 69.7 Å². The zero-order valence-electron chi connectivity index (χ0n) is 11.5. The molecular formula is C16H13Cl2N3S. The standard InChI is InChI=1S/C16H13Cl2N3S/c17-11-6-7-12(13(18)8-11)15-9-14(20-21(15)16(19)22)10-4-2-1-3-5-10/h1-8,15H,9H2,(H2,19,22). The van der Waals surface area contributed by atoms with Crippen molar-refractivity contribution in [3.63, 3.8) is 0 Å². The Morgan fingerprint density at radius 3 is 2.55 bits per heavy atom. The predicted octanol–water partition coefficient (Wildman–Crippen LogP) is 4.39. The molecule has 0 amide bonds. The molecule has 22 heavy (non-hydrogen) atoms. The van der Waals surface area contributed by atoms with Crippen LogP contribution >= 0.6 is 35.4 Å².